The summed E-state index contributed by atoms with van der Waals surface area (Å²) >= 11 is 8.76. The van der Waals surface area contributed by atoms with E-state index in [4.69, 9.17) is 0 Å². The second-order valence-corrected chi connectivity index (χ2v) is 10.4. The molecule has 0 radical (unpaired) electrons. The average Bonchev–Trinajstić information content (AvgIpc) is 1.81. The fourth-order valence-corrected chi connectivity index (χ4v) is 12.0. The third kappa shape index (κ3) is 8.00. The van der Waals surface area contributed by atoms with Gasteiger partial charge in [0.1, 0.15) is 0 Å². The molecule has 50 valence electrons. The van der Waals surface area contributed by atoms with Gasteiger partial charge in [-0.3, -0.25) is 0 Å². The van der Waals surface area contributed by atoms with E-state index in [1.807, 2.05) is 0 Å². The van der Waals surface area contributed by atoms with Crippen molar-refractivity contribution in [3.63, 3.8) is 0 Å². The van der Waals surface area contributed by atoms with Crippen molar-refractivity contribution in [2.75, 3.05) is 10.7 Å². The van der Waals surface area contributed by atoms with Gasteiger partial charge in [0.25, 0.3) is 0 Å². The van der Waals surface area contributed by atoms with Gasteiger partial charge in [0.2, 0.25) is 0 Å². The summed E-state index contributed by atoms with van der Waals surface area (Å²) in [5, 5.41) is 5.24. The van der Waals surface area contributed by atoms with Crippen LogP contribution in [0.25, 0.3) is 0 Å². The molecule has 0 amide bonds. The van der Waals surface area contributed by atoms with Gasteiger partial charge in [0, 0.05) is 0 Å². The van der Waals surface area contributed by atoms with Crippen LogP contribution < -0.4 is 0 Å². The van der Waals surface area contributed by atoms with Crippen molar-refractivity contribution < 1.29 is 0 Å². The van der Waals surface area contributed by atoms with Gasteiger partial charge in [0.15, 0.2) is 0 Å². The predicted molar refractivity (Wildman–Crippen MR) is 48.7 cm³/mol. The first-order valence-electron chi connectivity index (χ1n) is 2.28. The molecule has 0 saturated carbocycles. The molecule has 0 bridgehead atoms. The van der Waals surface area contributed by atoms with Crippen LogP contribution in [0.1, 0.15) is 0 Å². The fraction of sp³-hybridized carbons (Fsp3) is 1.00. The van der Waals surface area contributed by atoms with Gasteiger partial charge in [-0.05, 0) is 0 Å². The van der Waals surface area contributed by atoms with Crippen LogP contribution in [-0.4, -0.2) is 36.9 Å². The Morgan fingerprint density at radius 1 is 0.875 bits per heavy atom. The van der Waals surface area contributed by atoms with Crippen molar-refractivity contribution in [1.29, 1.82) is 0 Å². The Morgan fingerprint density at radius 3 is 1.50 bits per heavy atom. The van der Waals surface area contributed by atoms with Gasteiger partial charge >= 0.3 is 79.4 Å². The molecule has 0 N–H and O–H groups in total. The molecule has 0 aliphatic rings. The summed E-state index contributed by atoms with van der Waals surface area (Å²) in [4.78, 5) is 0. The number of halogens is 2. The molecule has 0 saturated heterocycles. The summed E-state index contributed by atoms with van der Waals surface area (Å²) in [6.45, 7) is 0. The number of rotatable bonds is 5. The zero-order valence-corrected chi connectivity index (χ0v) is 11.0. The summed E-state index contributed by atoms with van der Waals surface area (Å²) in [5.41, 5.74) is 0. The van der Waals surface area contributed by atoms with E-state index in [9.17, 15) is 0 Å². The van der Waals surface area contributed by atoms with Gasteiger partial charge in [0.05, 0.1) is 0 Å². The van der Waals surface area contributed by atoms with E-state index in [1.54, 1.807) is 0 Å². The van der Waals surface area contributed by atoms with Crippen molar-refractivity contribution in [2.45, 2.75) is 10.6 Å². The minimum absolute atomic E-state index is 0.963. The maximum absolute atomic E-state index is 3.42. The molecule has 0 aromatic carbocycles. The van der Waals surface area contributed by atoms with Crippen molar-refractivity contribution in [3.8, 4) is 0 Å². The second-order valence-electron chi connectivity index (χ2n) is 1.02. The predicted octanol–water partition coefficient (Wildman–Crippen LogP) is 1.94. The summed E-state index contributed by atoms with van der Waals surface area (Å²) in [6, 6.07) is 0. The van der Waals surface area contributed by atoms with Gasteiger partial charge in [-0.2, -0.15) is 0 Å². The monoisotopic (exact) mass is 374 g/mol. The molecule has 0 aliphatic carbocycles. The first-order valence-corrected chi connectivity index (χ1v) is 11.3. The van der Waals surface area contributed by atoms with Crippen LogP contribution in [0.15, 0.2) is 0 Å². The van der Waals surface area contributed by atoms with E-state index in [-0.39, 0.29) is 0 Å². The van der Waals surface area contributed by atoms with Crippen LogP contribution >= 0.6 is 31.9 Å². The Hall–Kier alpha value is 2.00. The number of hydrogen-bond acceptors (Lipinski definition) is 0. The first-order chi connectivity index (χ1) is 3.91. The standard InChI is InChI=1S/C4H8Br2Se2/c5-1-3-7-8-4-2-6/h1-4H2. The quantitative estimate of drug-likeness (QED) is 0.392. The van der Waals surface area contributed by atoms with Crippen molar-refractivity contribution in [3.05, 3.63) is 0 Å². The fourth-order valence-electron chi connectivity index (χ4n) is 0.181. The maximum atomic E-state index is 3.42. The molecule has 0 unspecified atom stereocenters. The summed E-state index contributed by atoms with van der Waals surface area (Å²) in [7, 11) is 0. The van der Waals surface area contributed by atoms with Crippen LogP contribution in [0, 0.1) is 0 Å². The van der Waals surface area contributed by atoms with E-state index in [2.05, 4.69) is 31.9 Å². The summed E-state index contributed by atoms with van der Waals surface area (Å²) in [5.74, 6) is 0. The SMILES string of the molecule is BrCC[Se][Se]CCBr. The van der Waals surface area contributed by atoms with Crippen molar-refractivity contribution >= 4 is 58.1 Å². The van der Waals surface area contributed by atoms with E-state index in [1.165, 1.54) is 21.3 Å². The Balaban J connectivity index is 2.53. The van der Waals surface area contributed by atoms with Gasteiger partial charge in [-0.1, -0.05) is 0 Å². The van der Waals surface area contributed by atoms with Crippen LogP contribution in [0.2, 0.25) is 10.6 Å². The third-order valence-electron chi connectivity index (χ3n) is 0.404. The molecule has 0 atom stereocenters. The van der Waals surface area contributed by atoms with E-state index >= 15 is 0 Å². The minimum atomic E-state index is 0.963. The molecule has 0 heterocycles. The molecule has 0 aromatic heterocycles. The average molecular weight is 374 g/mol. The number of alkyl halides is 2. The molecular formula is C4H8Br2Se2. The number of hydrogen-bond donors (Lipinski definition) is 0. The van der Waals surface area contributed by atoms with E-state index in [0.717, 1.165) is 26.3 Å². The Morgan fingerprint density at radius 2 is 1.25 bits per heavy atom. The van der Waals surface area contributed by atoms with Crippen LogP contribution in [0.5, 0.6) is 0 Å². The normalized spacial score (nSPS) is 9.75. The molecule has 0 spiro atoms. The molecule has 8 heavy (non-hydrogen) atoms. The zero-order valence-electron chi connectivity index (χ0n) is 4.40. The second kappa shape index (κ2) is 9.00. The molecule has 0 fully saturated rings. The Kier molecular flexibility index (Phi) is 11.2. The Bertz CT molecular complexity index is 37.0. The molecule has 0 nitrogen and oxygen atoms in total. The van der Waals surface area contributed by atoms with Crippen LogP contribution in [0.3, 0.4) is 0 Å². The van der Waals surface area contributed by atoms with E-state index in [0.29, 0.717) is 0 Å². The zero-order chi connectivity index (χ0) is 6.24. The first kappa shape index (κ1) is 10.00. The summed E-state index contributed by atoms with van der Waals surface area (Å²) < 4.78 is 0. The van der Waals surface area contributed by atoms with E-state index < -0.39 is 0 Å². The molecular weight excluding hydrogens is 366 g/mol. The summed E-state index contributed by atoms with van der Waals surface area (Å²) in [6.07, 6.45) is 0. The van der Waals surface area contributed by atoms with Crippen LogP contribution in [0.4, 0.5) is 0 Å². The molecule has 0 aromatic rings. The molecule has 0 aliphatic heterocycles. The van der Waals surface area contributed by atoms with Gasteiger partial charge in [-0.25, -0.2) is 0 Å². The van der Waals surface area contributed by atoms with Gasteiger partial charge in [-0.15, -0.1) is 0 Å². The van der Waals surface area contributed by atoms with Crippen LogP contribution in [-0.2, 0) is 0 Å². The van der Waals surface area contributed by atoms with Gasteiger partial charge < -0.3 is 0 Å². The topological polar surface area (TPSA) is 0 Å². The van der Waals surface area contributed by atoms with Crippen molar-refractivity contribution in [1.82, 2.24) is 0 Å². The third-order valence-corrected chi connectivity index (χ3v) is 10.9. The van der Waals surface area contributed by atoms with Crippen molar-refractivity contribution in [2.24, 2.45) is 0 Å². The molecule has 0 rings (SSSR count). The molecule has 4 heteroatoms. The Labute approximate surface area is 78.7 Å².